The molecule has 0 saturated carbocycles. The zero-order chi connectivity index (χ0) is 15.4. The number of hydrogen-bond acceptors (Lipinski definition) is 4. The second-order valence-corrected chi connectivity index (χ2v) is 6.05. The molecule has 1 aliphatic rings. The third-order valence-electron chi connectivity index (χ3n) is 4.05. The first-order valence-electron chi connectivity index (χ1n) is 7.74. The van der Waals surface area contributed by atoms with Crippen LogP contribution in [0.15, 0.2) is 34.9 Å². The molecule has 22 heavy (non-hydrogen) atoms. The first-order valence-corrected chi connectivity index (χ1v) is 8.27. The lowest BCUT2D eigenvalue weighted by atomic mass is 10.2. The fourth-order valence-electron chi connectivity index (χ4n) is 2.80. The molecule has 2 aromatic rings. The number of rotatable bonds is 6. The third-order valence-corrected chi connectivity index (χ3v) is 4.21. The molecule has 0 N–H and O–H groups in total. The van der Waals surface area contributed by atoms with Gasteiger partial charge in [0, 0.05) is 18.2 Å². The van der Waals surface area contributed by atoms with Gasteiger partial charge in [-0.05, 0) is 50.6 Å². The molecule has 1 saturated heterocycles. The van der Waals surface area contributed by atoms with Crippen molar-refractivity contribution in [1.29, 1.82) is 0 Å². The van der Waals surface area contributed by atoms with E-state index in [-0.39, 0.29) is 0 Å². The van der Waals surface area contributed by atoms with Crippen molar-refractivity contribution in [1.82, 2.24) is 9.88 Å². The predicted molar refractivity (Wildman–Crippen MR) is 87.3 cm³/mol. The molecule has 1 unspecified atom stereocenters. The Bertz CT molecular complexity index is 597. The second kappa shape index (κ2) is 7.16. The Balaban J connectivity index is 1.65. The molecule has 3 rings (SSSR count). The standard InChI is InChI=1S/C17H21ClN2O2/c1-13-3-2-9-20(13)11-15-12-22-17(19-15)14-4-6-16(7-5-14)21-10-8-18/h4-7,12-13H,2-3,8-11H2,1H3. The van der Waals surface area contributed by atoms with E-state index in [0.29, 0.717) is 24.4 Å². The van der Waals surface area contributed by atoms with E-state index in [9.17, 15) is 0 Å². The first-order chi connectivity index (χ1) is 10.8. The van der Waals surface area contributed by atoms with Gasteiger partial charge in [0.1, 0.15) is 18.6 Å². The van der Waals surface area contributed by atoms with Crippen LogP contribution in [0.4, 0.5) is 0 Å². The summed E-state index contributed by atoms with van der Waals surface area (Å²) >= 11 is 5.61. The lowest BCUT2D eigenvalue weighted by Gasteiger charge is -2.18. The highest BCUT2D eigenvalue weighted by atomic mass is 35.5. The molecule has 1 aliphatic heterocycles. The van der Waals surface area contributed by atoms with Crippen molar-refractivity contribution >= 4 is 11.6 Å². The fraction of sp³-hybridized carbons (Fsp3) is 0.471. The Morgan fingerprint density at radius 2 is 2.18 bits per heavy atom. The molecular formula is C17H21ClN2O2. The van der Waals surface area contributed by atoms with Gasteiger partial charge in [-0.15, -0.1) is 11.6 Å². The van der Waals surface area contributed by atoms with Gasteiger partial charge in [0.15, 0.2) is 0 Å². The molecule has 1 aromatic carbocycles. The van der Waals surface area contributed by atoms with E-state index in [4.69, 9.17) is 20.8 Å². The van der Waals surface area contributed by atoms with Gasteiger partial charge >= 0.3 is 0 Å². The molecule has 0 bridgehead atoms. The molecule has 0 aliphatic carbocycles. The SMILES string of the molecule is CC1CCCN1Cc1coc(-c2ccc(OCCCl)cc2)n1. The first kappa shape index (κ1) is 15.4. The largest absolute Gasteiger partial charge is 0.492 e. The Labute approximate surface area is 136 Å². The number of likely N-dealkylation sites (tertiary alicyclic amines) is 1. The highest BCUT2D eigenvalue weighted by molar-refractivity contribution is 6.18. The lowest BCUT2D eigenvalue weighted by molar-refractivity contribution is 0.257. The average molecular weight is 321 g/mol. The fourth-order valence-corrected chi connectivity index (χ4v) is 2.88. The number of ether oxygens (including phenoxy) is 1. The average Bonchev–Trinajstić information content (AvgIpc) is 3.16. The van der Waals surface area contributed by atoms with Gasteiger partial charge < -0.3 is 9.15 Å². The van der Waals surface area contributed by atoms with Gasteiger partial charge in [-0.1, -0.05) is 0 Å². The van der Waals surface area contributed by atoms with Crippen LogP contribution in [-0.2, 0) is 6.54 Å². The summed E-state index contributed by atoms with van der Waals surface area (Å²) < 4.78 is 11.1. The molecular weight excluding hydrogens is 300 g/mol. The van der Waals surface area contributed by atoms with Crippen molar-refractivity contribution in [2.75, 3.05) is 19.0 Å². The minimum Gasteiger partial charge on any atom is -0.492 e. The van der Waals surface area contributed by atoms with Crippen LogP contribution in [0.2, 0.25) is 0 Å². The lowest BCUT2D eigenvalue weighted by Crippen LogP contribution is -2.26. The Morgan fingerprint density at radius 1 is 1.36 bits per heavy atom. The number of aromatic nitrogens is 1. The van der Waals surface area contributed by atoms with Crippen molar-refractivity contribution < 1.29 is 9.15 Å². The summed E-state index contributed by atoms with van der Waals surface area (Å²) in [7, 11) is 0. The maximum absolute atomic E-state index is 5.62. The zero-order valence-electron chi connectivity index (χ0n) is 12.8. The molecule has 1 aromatic heterocycles. The molecule has 0 radical (unpaired) electrons. The highest BCUT2D eigenvalue weighted by Crippen LogP contribution is 2.24. The summed E-state index contributed by atoms with van der Waals surface area (Å²) in [6.07, 6.45) is 4.31. The van der Waals surface area contributed by atoms with Crippen LogP contribution in [0.5, 0.6) is 5.75 Å². The van der Waals surface area contributed by atoms with Crippen LogP contribution in [0.25, 0.3) is 11.5 Å². The normalized spacial score (nSPS) is 18.7. The molecule has 5 heteroatoms. The number of oxazole rings is 1. The van der Waals surface area contributed by atoms with Crippen molar-refractivity contribution in [3.8, 4) is 17.2 Å². The van der Waals surface area contributed by atoms with E-state index in [0.717, 1.165) is 30.1 Å². The minimum atomic E-state index is 0.486. The van der Waals surface area contributed by atoms with Gasteiger partial charge in [0.25, 0.3) is 0 Å². The minimum absolute atomic E-state index is 0.486. The van der Waals surface area contributed by atoms with Crippen LogP contribution >= 0.6 is 11.6 Å². The smallest absolute Gasteiger partial charge is 0.226 e. The number of halogens is 1. The summed E-state index contributed by atoms with van der Waals surface area (Å²) in [6.45, 7) is 4.79. The summed E-state index contributed by atoms with van der Waals surface area (Å²) in [6, 6.07) is 8.37. The van der Waals surface area contributed by atoms with Gasteiger partial charge in [0.2, 0.25) is 5.89 Å². The van der Waals surface area contributed by atoms with Gasteiger partial charge in [-0.2, -0.15) is 0 Å². The predicted octanol–water partition coefficient (Wildman–Crippen LogP) is 3.94. The van der Waals surface area contributed by atoms with Crippen molar-refractivity contribution in [3.05, 3.63) is 36.2 Å². The van der Waals surface area contributed by atoms with Crippen molar-refractivity contribution in [2.45, 2.75) is 32.4 Å². The van der Waals surface area contributed by atoms with Crippen LogP contribution in [0.3, 0.4) is 0 Å². The number of nitrogens with zero attached hydrogens (tertiary/aromatic N) is 2. The highest BCUT2D eigenvalue weighted by Gasteiger charge is 2.21. The summed E-state index contributed by atoms with van der Waals surface area (Å²) in [5, 5.41) is 0. The number of alkyl halides is 1. The molecule has 0 amide bonds. The number of benzene rings is 1. The van der Waals surface area contributed by atoms with Crippen LogP contribution in [-0.4, -0.2) is 35.0 Å². The summed E-state index contributed by atoms with van der Waals surface area (Å²) in [5.74, 6) is 1.95. The molecule has 1 atom stereocenters. The van der Waals surface area contributed by atoms with E-state index >= 15 is 0 Å². The van der Waals surface area contributed by atoms with Gasteiger partial charge in [-0.25, -0.2) is 4.98 Å². The van der Waals surface area contributed by atoms with E-state index in [1.54, 1.807) is 6.26 Å². The Hall–Kier alpha value is -1.52. The molecule has 0 spiro atoms. The van der Waals surface area contributed by atoms with Gasteiger partial charge in [-0.3, -0.25) is 4.90 Å². The summed E-state index contributed by atoms with van der Waals surface area (Å²) in [5.41, 5.74) is 1.95. The van der Waals surface area contributed by atoms with Crippen molar-refractivity contribution in [2.24, 2.45) is 0 Å². The van der Waals surface area contributed by atoms with E-state index < -0.39 is 0 Å². The van der Waals surface area contributed by atoms with Crippen LogP contribution in [0.1, 0.15) is 25.5 Å². The van der Waals surface area contributed by atoms with E-state index in [1.165, 1.54) is 12.8 Å². The number of hydrogen-bond donors (Lipinski definition) is 0. The molecule has 1 fully saturated rings. The van der Waals surface area contributed by atoms with E-state index in [2.05, 4.69) is 16.8 Å². The third kappa shape index (κ3) is 3.62. The maximum Gasteiger partial charge on any atom is 0.226 e. The second-order valence-electron chi connectivity index (χ2n) is 5.67. The topological polar surface area (TPSA) is 38.5 Å². The molecule has 118 valence electrons. The van der Waals surface area contributed by atoms with E-state index in [1.807, 2.05) is 24.3 Å². The summed E-state index contributed by atoms with van der Waals surface area (Å²) in [4.78, 5) is 7.05. The van der Waals surface area contributed by atoms with Gasteiger partial charge in [0.05, 0.1) is 11.6 Å². The Morgan fingerprint density at radius 3 is 2.86 bits per heavy atom. The maximum atomic E-state index is 5.62. The quantitative estimate of drug-likeness (QED) is 0.756. The zero-order valence-corrected chi connectivity index (χ0v) is 13.6. The van der Waals surface area contributed by atoms with Crippen LogP contribution < -0.4 is 4.74 Å². The monoisotopic (exact) mass is 320 g/mol. The Kier molecular flexibility index (Phi) is 5.01. The van der Waals surface area contributed by atoms with Crippen LogP contribution in [0, 0.1) is 0 Å². The molecule has 4 nitrogen and oxygen atoms in total. The van der Waals surface area contributed by atoms with Crippen molar-refractivity contribution in [3.63, 3.8) is 0 Å². The molecule has 2 heterocycles.